The molecule has 1 amide bonds. The number of nitriles is 1. The Bertz CT molecular complexity index is 1230. The van der Waals surface area contributed by atoms with Gasteiger partial charge in [-0.05, 0) is 56.0 Å². The van der Waals surface area contributed by atoms with E-state index in [-0.39, 0.29) is 34.6 Å². The summed E-state index contributed by atoms with van der Waals surface area (Å²) in [4.78, 5) is 41.3. The summed E-state index contributed by atoms with van der Waals surface area (Å²) in [5.74, 6) is -1.49. The Hall–Kier alpha value is -3.73. The van der Waals surface area contributed by atoms with E-state index < -0.39 is 5.97 Å². The van der Waals surface area contributed by atoms with Crippen LogP contribution in [0.25, 0.3) is 16.6 Å². The van der Waals surface area contributed by atoms with E-state index in [4.69, 9.17) is 10.4 Å². The predicted molar refractivity (Wildman–Crippen MR) is 105 cm³/mol. The molecule has 0 atom stereocenters. The molecule has 0 bridgehead atoms. The lowest BCUT2D eigenvalue weighted by Crippen LogP contribution is -2.39. The highest BCUT2D eigenvalue weighted by Gasteiger charge is 2.27. The van der Waals surface area contributed by atoms with E-state index in [0.717, 1.165) is 0 Å². The minimum atomic E-state index is -0.793. The summed E-state index contributed by atoms with van der Waals surface area (Å²) in [5.41, 5.74) is 0.944. The van der Waals surface area contributed by atoms with E-state index in [1.165, 1.54) is 16.7 Å². The van der Waals surface area contributed by atoms with Gasteiger partial charge < -0.3 is 10.4 Å². The van der Waals surface area contributed by atoms with Crippen molar-refractivity contribution in [1.82, 2.24) is 14.7 Å². The van der Waals surface area contributed by atoms with Gasteiger partial charge in [-0.3, -0.25) is 18.8 Å². The summed E-state index contributed by atoms with van der Waals surface area (Å²) in [6.45, 7) is 0. The molecule has 8 heteroatoms. The number of fused-ring (bicyclic) bond motifs is 2. The van der Waals surface area contributed by atoms with Gasteiger partial charge in [0.2, 0.25) is 0 Å². The fourth-order valence-corrected chi connectivity index (χ4v) is 3.82. The molecule has 2 aromatic heterocycles. The minimum Gasteiger partial charge on any atom is -0.481 e. The highest BCUT2D eigenvalue weighted by atomic mass is 16.4. The van der Waals surface area contributed by atoms with Gasteiger partial charge in [-0.2, -0.15) is 5.26 Å². The number of hydrogen-bond donors (Lipinski definition) is 2. The quantitative estimate of drug-likeness (QED) is 0.660. The highest BCUT2D eigenvalue weighted by Crippen LogP contribution is 2.25. The molecule has 1 saturated carbocycles. The smallest absolute Gasteiger partial charge is 0.306 e. The van der Waals surface area contributed by atoms with Gasteiger partial charge in [0, 0.05) is 12.2 Å². The molecule has 146 valence electrons. The minimum absolute atomic E-state index is 0.108. The standard InChI is InChI=1S/C21H18N4O4/c22-11-12-3-8-17-16(10-12)20(27)25-9-1-2-15(18(25)24-17)19(26)23-14-6-4-13(5-7-14)21(28)29/h1-3,8-10,13-14H,4-7H2,(H,23,26)(H,28,29). The molecule has 0 saturated heterocycles. The number of nitrogens with one attached hydrogen (secondary N) is 1. The zero-order valence-electron chi connectivity index (χ0n) is 15.5. The largest absolute Gasteiger partial charge is 0.481 e. The fourth-order valence-electron chi connectivity index (χ4n) is 3.82. The van der Waals surface area contributed by atoms with Crippen LogP contribution in [0.15, 0.2) is 41.3 Å². The van der Waals surface area contributed by atoms with Crippen molar-refractivity contribution in [3.63, 3.8) is 0 Å². The van der Waals surface area contributed by atoms with Crippen molar-refractivity contribution >= 4 is 28.4 Å². The number of aromatic nitrogens is 2. The van der Waals surface area contributed by atoms with E-state index >= 15 is 0 Å². The maximum atomic E-state index is 12.9. The number of rotatable bonds is 3. The highest BCUT2D eigenvalue weighted by molar-refractivity contribution is 6.00. The Balaban J connectivity index is 1.67. The van der Waals surface area contributed by atoms with Crippen LogP contribution in [-0.4, -0.2) is 32.4 Å². The Morgan fingerprint density at radius 3 is 2.66 bits per heavy atom. The number of aliphatic carboxylic acids is 1. The molecule has 0 unspecified atom stereocenters. The molecule has 0 spiro atoms. The monoisotopic (exact) mass is 390 g/mol. The van der Waals surface area contributed by atoms with E-state index in [9.17, 15) is 14.4 Å². The van der Waals surface area contributed by atoms with Crippen LogP contribution in [0.2, 0.25) is 0 Å². The second kappa shape index (κ2) is 7.36. The molecule has 1 aromatic carbocycles. The molecule has 0 aliphatic heterocycles. The lowest BCUT2D eigenvalue weighted by Gasteiger charge is -2.26. The number of benzene rings is 1. The summed E-state index contributed by atoms with van der Waals surface area (Å²) in [6.07, 6.45) is 3.79. The first-order valence-corrected chi connectivity index (χ1v) is 9.37. The normalized spacial score (nSPS) is 19.0. The van der Waals surface area contributed by atoms with Gasteiger partial charge >= 0.3 is 5.97 Å². The maximum Gasteiger partial charge on any atom is 0.306 e. The summed E-state index contributed by atoms with van der Waals surface area (Å²) >= 11 is 0. The Labute approximate surface area is 165 Å². The molecule has 1 fully saturated rings. The summed E-state index contributed by atoms with van der Waals surface area (Å²) in [6, 6.07) is 9.77. The first-order valence-electron chi connectivity index (χ1n) is 9.37. The number of hydrogen-bond acceptors (Lipinski definition) is 5. The average molecular weight is 390 g/mol. The number of carbonyl (C=O) groups is 2. The van der Waals surface area contributed by atoms with Crippen LogP contribution in [0.5, 0.6) is 0 Å². The van der Waals surface area contributed by atoms with E-state index in [1.54, 1.807) is 24.3 Å². The first-order chi connectivity index (χ1) is 14.0. The zero-order valence-corrected chi connectivity index (χ0v) is 15.5. The van der Waals surface area contributed by atoms with Gasteiger partial charge in [-0.25, -0.2) is 4.98 Å². The summed E-state index contributed by atoms with van der Waals surface area (Å²) in [7, 11) is 0. The van der Waals surface area contributed by atoms with Crippen molar-refractivity contribution in [2.24, 2.45) is 5.92 Å². The number of pyridine rings is 1. The molecule has 1 aliphatic rings. The molecule has 0 radical (unpaired) electrons. The van der Waals surface area contributed by atoms with Gasteiger partial charge in [-0.15, -0.1) is 0 Å². The second-order valence-corrected chi connectivity index (χ2v) is 7.24. The van der Waals surface area contributed by atoms with Crippen molar-refractivity contribution < 1.29 is 14.7 Å². The van der Waals surface area contributed by atoms with Crippen LogP contribution in [0.1, 0.15) is 41.6 Å². The number of nitrogens with zero attached hydrogens (tertiary/aromatic N) is 3. The fraction of sp³-hybridized carbons (Fsp3) is 0.286. The lowest BCUT2D eigenvalue weighted by molar-refractivity contribution is -0.142. The van der Waals surface area contributed by atoms with Crippen molar-refractivity contribution in [3.8, 4) is 6.07 Å². The maximum absolute atomic E-state index is 12.9. The Morgan fingerprint density at radius 1 is 1.21 bits per heavy atom. The van der Waals surface area contributed by atoms with Gasteiger partial charge in [0.05, 0.1) is 34.0 Å². The van der Waals surface area contributed by atoms with Crippen LogP contribution in [0.3, 0.4) is 0 Å². The Morgan fingerprint density at radius 2 is 1.97 bits per heavy atom. The predicted octanol–water partition coefficient (Wildman–Crippen LogP) is 2.09. The van der Waals surface area contributed by atoms with Crippen LogP contribution >= 0.6 is 0 Å². The molecule has 29 heavy (non-hydrogen) atoms. The molecule has 8 nitrogen and oxygen atoms in total. The number of carboxylic acid groups (broad SMARTS) is 1. The van der Waals surface area contributed by atoms with Crippen LogP contribution < -0.4 is 10.9 Å². The number of carbonyl (C=O) groups excluding carboxylic acids is 1. The molecular weight excluding hydrogens is 372 g/mol. The van der Waals surface area contributed by atoms with Gasteiger partial charge in [0.25, 0.3) is 11.5 Å². The van der Waals surface area contributed by atoms with E-state index in [0.29, 0.717) is 42.1 Å². The van der Waals surface area contributed by atoms with Crippen molar-refractivity contribution in [2.75, 3.05) is 0 Å². The van der Waals surface area contributed by atoms with Crippen LogP contribution in [0.4, 0.5) is 0 Å². The topological polar surface area (TPSA) is 125 Å². The van der Waals surface area contributed by atoms with E-state index in [1.807, 2.05) is 6.07 Å². The van der Waals surface area contributed by atoms with E-state index in [2.05, 4.69) is 10.3 Å². The van der Waals surface area contributed by atoms with Gasteiger partial charge in [-0.1, -0.05) is 0 Å². The van der Waals surface area contributed by atoms with Gasteiger partial charge in [0.15, 0.2) is 5.65 Å². The van der Waals surface area contributed by atoms with Crippen molar-refractivity contribution in [1.29, 1.82) is 5.26 Å². The molecule has 4 rings (SSSR count). The van der Waals surface area contributed by atoms with Crippen molar-refractivity contribution in [3.05, 3.63) is 58.0 Å². The van der Waals surface area contributed by atoms with Crippen molar-refractivity contribution in [2.45, 2.75) is 31.7 Å². The zero-order chi connectivity index (χ0) is 20.5. The Kier molecular flexibility index (Phi) is 4.72. The first kappa shape index (κ1) is 18.6. The number of amides is 1. The summed E-state index contributed by atoms with van der Waals surface area (Å²) in [5, 5.41) is 21.4. The lowest BCUT2D eigenvalue weighted by atomic mass is 9.86. The third-order valence-corrected chi connectivity index (χ3v) is 5.42. The average Bonchev–Trinajstić information content (AvgIpc) is 2.73. The molecule has 2 N–H and O–H groups in total. The SMILES string of the molecule is N#Cc1ccc2nc3c(C(=O)NC4CCC(C(=O)O)CC4)cccn3c(=O)c2c1. The third kappa shape index (κ3) is 3.43. The van der Waals surface area contributed by atoms with Gasteiger partial charge in [0.1, 0.15) is 0 Å². The van der Waals surface area contributed by atoms with Crippen LogP contribution in [0, 0.1) is 17.2 Å². The third-order valence-electron chi connectivity index (χ3n) is 5.42. The van der Waals surface area contributed by atoms with Crippen LogP contribution in [-0.2, 0) is 4.79 Å². The summed E-state index contributed by atoms with van der Waals surface area (Å²) < 4.78 is 1.31. The molecular formula is C21H18N4O4. The molecule has 3 aromatic rings. The molecule has 2 heterocycles. The molecule has 1 aliphatic carbocycles. The second-order valence-electron chi connectivity index (χ2n) is 7.24. The number of carboxylic acids is 1.